The molecule has 0 aliphatic heterocycles. The SMILES string of the molecule is CCN(CC)c1ncnc(NN)c1OC. The molecule has 3 N–H and O–H groups in total. The lowest BCUT2D eigenvalue weighted by atomic mass is 10.4. The number of nitrogens with zero attached hydrogens (tertiary/aromatic N) is 3. The Morgan fingerprint density at radius 2 is 2.07 bits per heavy atom. The fraction of sp³-hybridized carbons (Fsp3) is 0.556. The van der Waals surface area contributed by atoms with E-state index in [9.17, 15) is 0 Å². The number of ether oxygens (including phenoxy) is 1. The summed E-state index contributed by atoms with van der Waals surface area (Å²) in [6.45, 7) is 5.82. The van der Waals surface area contributed by atoms with Crippen molar-refractivity contribution in [2.45, 2.75) is 13.8 Å². The first-order valence-corrected chi connectivity index (χ1v) is 4.88. The standard InChI is InChI=1S/C9H17N5O/c1-4-14(5-2)9-7(15-3)8(13-10)11-6-12-9/h6H,4-5,10H2,1-3H3,(H,11,12,13). The topological polar surface area (TPSA) is 76.3 Å². The molecule has 6 heteroatoms. The normalized spacial score (nSPS) is 9.87. The molecule has 1 aromatic rings. The third-order valence-electron chi connectivity index (χ3n) is 2.19. The first-order chi connectivity index (χ1) is 7.28. The average molecular weight is 211 g/mol. The summed E-state index contributed by atoms with van der Waals surface area (Å²) in [7, 11) is 1.58. The van der Waals surface area contributed by atoms with E-state index in [0.717, 1.165) is 18.9 Å². The second kappa shape index (κ2) is 5.35. The van der Waals surface area contributed by atoms with Gasteiger partial charge in [-0.05, 0) is 13.8 Å². The predicted molar refractivity (Wildman–Crippen MR) is 60.0 cm³/mol. The Morgan fingerprint density at radius 1 is 1.40 bits per heavy atom. The highest BCUT2D eigenvalue weighted by Crippen LogP contribution is 2.30. The van der Waals surface area contributed by atoms with Crippen LogP contribution in [0, 0.1) is 0 Å². The van der Waals surface area contributed by atoms with Crippen molar-refractivity contribution in [3.05, 3.63) is 6.33 Å². The minimum atomic E-state index is 0.495. The Morgan fingerprint density at radius 3 is 2.53 bits per heavy atom. The summed E-state index contributed by atoms with van der Waals surface area (Å²) < 4.78 is 5.24. The van der Waals surface area contributed by atoms with Gasteiger partial charge in [0.2, 0.25) is 5.75 Å². The maximum Gasteiger partial charge on any atom is 0.205 e. The van der Waals surface area contributed by atoms with Gasteiger partial charge in [-0.25, -0.2) is 15.8 Å². The van der Waals surface area contributed by atoms with Crippen molar-refractivity contribution in [2.75, 3.05) is 30.5 Å². The summed E-state index contributed by atoms with van der Waals surface area (Å²) in [5.74, 6) is 7.16. The maximum atomic E-state index is 5.34. The molecule has 0 radical (unpaired) electrons. The molecule has 1 rings (SSSR count). The third-order valence-corrected chi connectivity index (χ3v) is 2.19. The van der Waals surface area contributed by atoms with Crippen LogP contribution in [0.2, 0.25) is 0 Å². The summed E-state index contributed by atoms with van der Waals surface area (Å²) >= 11 is 0. The van der Waals surface area contributed by atoms with Gasteiger partial charge in [0, 0.05) is 13.1 Å². The van der Waals surface area contributed by atoms with Crippen LogP contribution in [0.3, 0.4) is 0 Å². The van der Waals surface area contributed by atoms with Crippen molar-refractivity contribution >= 4 is 11.6 Å². The molecule has 0 aliphatic carbocycles. The van der Waals surface area contributed by atoms with Gasteiger partial charge in [-0.2, -0.15) is 0 Å². The fourth-order valence-electron chi connectivity index (χ4n) is 1.40. The number of methoxy groups -OCH3 is 1. The lowest BCUT2D eigenvalue weighted by Gasteiger charge is -2.22. The molecular formula is C9H17N5O. The Labute approximate surface area is 89.4 Å². The maximum absolute atomic E-state index is 5.34. The van der Waals surface area contributed by atoms with Crippen LogP contribution in [0.25, 0.3) is 0 Å². The average Bonchev–Trinajstić information content (AvgIpc) is 2.30. The van der Waals surface area contributed by atoms with E-state index in [4.69, 9.17) is 10.6 Å². The van der Waals surface area contributed by atoms with Gasteiger partial charge in [0.15, 0.2) is 11.6 Å². The number of nitrogens with one attached hydrogen (secondary N) is 1. The van der Waals surface area contributed by atoms with E-state index in [1.165, 1.54) is 6.33 Å². The van der Waals surface area contributed by atoms with Crippen LogP contribution in [0.5, 0.6) is 5.75 Å². The minimum Gasteiger partial charge on any atom is -0.490 e. The monoisotopic (exact) mass is 211 g/mol. The van der Waals surface area contributed by atoms with Gasteiger partial charge < -0.3 is 15.1 Å². The second-order valence-corrected chi connectivity index (χ2v) is 2.90. The number of hydrazine groups is 1. The smallest absolute Gasteiger partial charge is 0.205 e. The number of hydrogen-bond donors (Lipinski definition) is 2. The van der Waals surface area contributed by atoms with E-state index < -0.39 is 0 Å². The molecule has 1 heterocycles. The van der Waals surface area contributed by atoms with Crippen LogP contribution in [0.4, 0.5) is 11.6 Å². The Kier molecular flexibility index (Phi) is 4.11. The van der Waals surface area contributed by atoms with Gasteiger partial charge in [0.1, 0.15) is 6.33 Å². The highest BCUT2D eigenvalue weighted by atomic mass is 16.5. The van der Waals surface area contributed by atoms with Gasteiger partial charge in [-0.3, -0.25) is 0 Å². The van der Waals surface area contributed by atoms with Crippen molar-refractivity contribution in [3.8, 4) is 5.75 Å². The summed E-state index contributed by atoms with van der Waals surface area (Å²) in [5.41, 5.74) is 2.49. The molecule has 0 saturated heterocycles. The van der Waals surface area contributed by atoms with E-state index in [-0.39, 0.29) is 0 Å². The van der Waals surface area contributed by atoms with Gasteiger partial charge in [-0.15, -0.1) is 0 Å². The highest BCUT2D eigenvalue weighted by molar-refractivity contribution is 5.64. The Bertz CT molecular complexity index is 313. The first kappa shape index (κ1) is 11.5. The van der Waals surface area contributed by atoms with E-state index in [1.807, 2.05) is 0 Å². The quantitative estimate of drug-likeness (QED) is 0.549. The van der Waals surface area contributed by atoms with E-state index in [2.05, 4.69) is 34.1 Å². The summed E-state index contributed by atoms with van der Waals surface area (Å²) in [5, 5.41) is 0. The van der Waals surface area contributed by atoms with Gasteiger partial charge in [-0.1, -0.05) is 0 Å². The van der Waals surface area contributed by atoms with E-state index in [1.54, 1.807) is 7.11 Å². The summed E-state index contributed by atoms with van der Waals surface area (Å²) in [6, 6.07) is 0. The molecule has 0 fully saturated rings. The summed E-state index contributed by atoms with van der Waals surface area (Å²) in [6.07, 6.45) is 1.46. The van der Waals surface area contributed by atoms with Crippen LogP contribution < -0.4 is 20.9 Å². The summed E-state index contributed by atoms with van der Waals surface area (Å²) in [4.78, 5) is 10.2. The zero-order chi connectivity index (χ0) is 11.3. The van der Waals surface area contributed by atoms with Crippen molar-refractivity contribution in [1.29, 1.82) is 0 Å². The Hall–Kier alpha value is -1.56. The molecule has 0 atom stereocenters. The second-order valence-electron chi connectivity index (χ2n) is 2.90. The predicted octanol–water partition coefficient (Wildman–Crippen LogP) is 0.617. The minimum absolute atomic E-state index is 0.495. The molecule has 0 saturated carbocycles. The van der Waals surface area contributed by atoms with Crippen molar-refractivity contribution in [2.24, 2.45) is 5.84 Å². The number of nitrogen functional groups attached to an aromatic ring is 1. The molecule has 0 unspecified atom stereocenters. The molecular weight excluding hydrogens is 194 g/mol. The number of rotatable bonds is 5. The number of hydrogen-bond acceptors (Lipinski definition) is 6. The molecule has 1 aromatic heterocycles. The zero-order valence-corrected chi connectivity index (χ0v) is 9.32. The molecule has 0 bridgehead atoms. The molecule has 0 aromatic carbocycles. The van der Waals surface area contributed by atoms with Crippen LogP contribution in [-0.4, -0.2) is 30.2 Å². The van der Waals surface area contributed by atoms with Gasteiger partial charge >= 0.3 is 0 Å². The lowest BCUT2D eigenvalue weighted by molar-refractivity contribution is 0.412. The Balaban J connectivity index is 3.15. The van der Waals surface area contributed by atoms with Crippen molar-refractivity contribution in [1.82, 2.24) is 9.97 Å². The molecule has 0 spiro atoms. The van der Waals surface area contributed by atoms with Gasteiger partial charge in [0.05, 0.1) is 7.11 Å². The number of anilines is 2. The van der Waals surface area contributed by atoms with Crippen molar-refractivity contribution < 1.29 is 4.74 Å². The molecule has 0 amide bonds. The number of aromatic nitrogens is 2. The van der Waals surface area contributed by atoms with Crippen molar-refractivity contribution in [3.63, 3.8) is 0 Å². The van der Waals surface area contributed by atoms with Crippen LogP contribution in [-0.2, 0) is 0 Å². The fourth-order valence-corrected chi connectivity index (χ4v) is 1.40. The molecule has 84 valence electrons. The third kappa shape index (κ3) is 2.27. The van der Waals surface area contributed by atoms with E-state index >= 15 is 0 Å². The molecule has 6 nitrogen and oxygen atoms in total. The highest BCUT2D eigenvalue weighted by Gasteiger charge is 2.15. The number of nitrogens with two attached hydrogens (primary N) is 1. The largest absolute Gasteiger partial charge is 0.490 e. The lowest BCUT2D eigenvalue weighted by Crippen LogP contribution is -2.24. The molecule has 15 heavy (non-hydrogen) atoms. The van der Waals surface area contributed by atoms with Crippen LogP contribution in [0.1, 0.15) is 13.8 Å². The molecule has 0 aliphatic rings. The van der Waals surface area contributed by atoms with E-state index in [0.29, 0.717) is 11.6 Å². The van der Waals surface area contributed by atoms with Crippen LogP contribution >= 0.6 is 0 Å². The van der Waals surface area contributed by atoms with Crippen LogP contribution in [0.15, 0.2) is 6.33 Å². The van der Waals surface area contributed by atoms with Gasteiger partial charge in [0.25, 0.3) is 0 Å². The first-order valence-electron chi connectivity index (χ1n) is 4.88. The zero-order valence-electron chi connectivity index (χ0n) is 9.32.